The van der Waals surface area contributed by atoms with Crippen LogP contribution in [0.15, 0.2) is 0 Å². The molecule has 15 heteroatoms. The number of unbranched alkanes of at least 4 members (excludes halogenated alkanes) is 1. The summed E-state index contributed by atoms with van der Waals surface area (Å²) in [5.41, 5.74) is 0. The number of carbonyl (C=O) groups excluding carboxylic acids is 4. The highest BCUT2D eigenvalue weighted by Gasteiger charge is 2.74. The van der Waals surface area contributed by atoms with Gasteiger partial charge in [0, 0.05) is 30.8 Å². The number of nitrogens with one attached hydrogen (secondary N) is 3. The molecule has 1 saturated carbocycles. The molecule has 3 saturated heterocycles. The fraction of sp³-hybridized carbons (Fsp3) is 0.800. The summed E-state index contributed by atoms with van der Waals surface area (Å²) in [4.78, 5) is 54.0. The third-order valence-corrected chi connectivity index (χ3v) is 9.38. The van der Waals surface area contributed by atoms with Crippen LogP contribution < -0.4 is 16.0 Å². The average molecular weight is 609 g/mol. The molecule has 3 aliphatic heterocycles. The summed E-state index contributed by atoms with van der Waals surface area (Å²) in [7, 11) is 0. The Bertz CT molecular complexity index is 1050. The normalized spacial score (nSPS) is 28.8. The maximum atomic E-state index is 13.6. The first-order valence-corrected chi connectivity index (χ1v) is 14.4. The third kappa shape index (κ3) is 6.77. The molecular formula is C25H33Cl2F3N6O4. The second kappa shape index (κ2) is 12.3. The van der Waals surface area contributed by atoms with Crippen LogP contribution in [0.4, 0.5) is 13.2 Å². The number of hydrogen-bond acceptors (Lipinski definition) is 6. The van der Waals surface area contributed by atoms with E-state index in [2.05, 4.69) is 15.5 Å². The number of hydrogen-bond donors (Lipinski definition) is 3. The van der Waals surface area contributed by atoms with E-state index in [-0.39, 0.29) is 25.3 Å². The lowest BCUT2D eigenvalue weighted by Crippen LogP contribution is -2.58. The van der Waals surface area contributed by atoms with E-state index >= 15 is 0 Å². The van der Waals surface area contributed by atoms with E-state index in [1.807, 2.05) is 11.4 Å². The summed E-state index contributed by atoms with van der Waals surface area (Å²) >= 11 is 12.7. The molecule has 0 spiro atoms. The lowest BCUT2D eigenvalue weighted by atomic mass is 9.98. The van der Waals surface area contributed by atoms with Gasteiger partial charge in [0.05, 0.1) is 6.07 Å². The number of halogens is 5. The van der Waals surface area contributed by atoms with Gasteiger partial charge in [-0.3, -0.25) is 19.2 Å². The van der Waals surface area contributed by atoms with Gasteiger partial charge in [-0.15, -0.1) is 23.2 Å². The number of nitriles is 1. The van der Waals surface area contributed by atoms with Crippen LogP contribution in [0.1, 0.15) is 44.9 Å². The van der Waals surface area contributed by atoms with Crippen molar-refractivity contribution in [3.63, 3.8) is 0 Å². The molecule has 6 atom stereocenters. The van der Waals surface area contributed by atoms with Crippen LogP contribution in [-0.2, 0) is 19.2 Å². The van der Waals surface area contributed by atoms with Crippen molar-refractivity contribution in [1.82, 2.24) is 25.8 Å². The van der Waals surface area contributed by atoms with E-state index in [4.69, 9.17) is 23.2 Å². The summed E-state index contributed by atoms with van der Waals surface area (Å²) < 4.78 is 38.0. The van der Waals surface area contributed by atoms with Crippen LogP contribution in [0.2, 0.25) is 0 Å². The molecule has 0 radical (unpaired) electrons. The monoisotopic (exact) mass is 608 g/mol. The third-order valence-electron chi connectivity index (χ3n) is 8.32. The Morgan fingerprint density at radius 3 is 2.48 bits per heavy atom. The van der Waals surface area contributed by atoms with Crippen LogP contribution in [-0.4, -0.2) is 94.8 Å². The van der Waals surface area contributed by atoms with Gasteiger partial charge in [0.2, 0.25) is 17.7 Å². The Kier molecular flexibility index (Phi) is 9.42. The summed E-state index contributed by atoms with van der Waals surface area (Å²) in [6, 6.07) is -1.83. The van der Waals surface area contributed by atoms with Crippen molar-refractivity contribution in [2.75, 3.05) is 32.7 Å². The maximum absolute atomic E-state index is 13.6. The van der Waals surface area contributed by atoms with Gasteiger partial charge in [-0.2, -0.15) is 18.4 Å². The zero-order chi connectivity index (χ0) is 29.2. The zero-order valence-electron chi connectivity index (χ0n) is 21.8. The van der Waals surface area contributed by atoms with E-state index in [1.54, 1.807) is 0 Å². The SMILES string of the molecule is N#C[C@H](C[C@@H]1CCNC1=O)NC(=O)[C@@H]1[C@@H]2[C@H](CN1C(=O)[C@H](CCCCN1CCCC1)NC(=O)C(F)(F)F)C2(Cl)Cl. The molecule has 4 rings (SSSR count). The minimum absolute atomic E-state index is 0.0425. The number of fused-ring (bicyclic) bond motifs is 1. The molecule has 0 aromatic heterocycles. The number of likely N-dealkylation sites (tertiary alicyclic amines) is 2. The van der Waals surface area contributed by atoms with Crippen molar-refractivity contribution in [2.24, 2.45) is 17.8 Å². The van der Waals surface area contributed by atoms with Gasteiger partial charge in [-0.1, -0.05) is 0 Å². The Balaban J connectivity index is 1.45. The Morgan fingerprint density at radius 1 is 1.18 bits per heavy atom. The van der Waals surface area contributed by atoms with Crippen molar-refractivity contribution in [2.45, 2.75) is 73.6 Å². The molecule has 3 heterocycles. The lowest BCUT2D eigenvalue weighted by molar-refractivity contribution is -0.175. The predicted molar refractivity (Wildman–Crippen MR) is 138 cm³/mol. The van der Waals surface area contributed by atoms with Crippen molar-refractivity contribution in [1.29, 1.82) is 5.26 Å². The predicted octanol–water partition coefficient (Wildman–Crippen LogP) is 1.46. The summed E-state index contributed by atoms with van der Waals surface area (Å²) in [6.45, 7) is 3.03. The Labute approximate surface area is 240 Å². The van der Waals surface area contributed by atoms with Crippen molar-refractivity contribution in [3.8, 4) is 6.07 Å². The molecule has 0 unspecified atom stereocenters. The van der Waals surface area contributed by atoms with Gasteiger partial charge >= 0.3 is 12.1 Å². The van der Waals surface area contributed by atoms with Crippen LogP contribution in [0.25, 0.3) is 0 Å². The molecule has 0 aromatic rings. The Morgan fingerprint density at radius 2 is 1.88 bits per heavy atom. The molecule has 3 N–H and O–H groups in total. The largest absolute Gasteiger partial charge is 0.471 e. The number of carbonyl (C=O) groups is 4. The van der Waals surface area contributed by atoms with E-state index in [0.29, 0.717) is 25.8 Å². The minimum Gasteiger partial charge on any atom is -0.356 e. The first kappa shape index (κ1) is 30.7. The van der Waals surface area contributed by atoms with Gasteiger partial charge in [-0.25, -0.2) is 0 Å². The molecule has 4 amide bonds. The van der Waals surface area contributed by atoms with Crippen LogP contribution in [0.3, 0.4) is 0 Å². The molecule has 0 bridgehead atoms. The zero-order valence-corrected chi connectivity index (χ0v) is 23.3. The van der Waals surface area contributed by atoms with Gasteiger partial charge in [-0.05, 0) is 64.6 Å². The van der Waals surface area contributed by atoms with E-state index in [0.717, 1.165) is 37.4 Å². The summed E-state index contributed by atoms with van der Waals surface area (Å²) in [6.07, 6.45) is -1.46. The number of alkyl halides is 5. The summed E-state index contributed by atoms with van der Waals surface area (Å²) in [5.74, 6) is -5.67. The van der Waals surface area contributed by atoms with E-state index in [9.17, 15) is 37.6 Å². The average Bonchev–Trinajstić information content (AvgIpc) is 3.46. The molecule has 0 aromatic carbocycles. The quantitative estimate of drug-likeness (QED) is 0.240. The molecule has 222 valence electrons. The molecule has 1 aliphatic carbocycles. The van der Waals surface area contributed by atoms with Crippen molar-refractivity contribution >= 4 is 46.8 Å². The smallest absolute Gasteiger partial charge is 0.356 e. The number of nitrogens with zero attached hydrogens (tertiary/aromatic N) is 3. The van der Waals surface area contributed by atoms with Gasteiger partial charge in [0.1, 0.15) is 22.5 Å². The standard InChI is InChI=1S/C25H33Cl2F3N6O4/c26-24(27)16-13-36(19(18(16)24)21(38)33-15(12-31)11-14-6-7-32-20(14)37)22(39)17(34-23(40)25(28,29)30)5-1-2-8-35-9-3-4-10-35/h14-19H,1-11,13H2,(H,32,37)(H,33,38)(H,34,40)/t14-,15-,16-,17-,18-,19-/m0/s1. The minimum atomic E-state index is -5.19. The number of rotatable bonds is 11. The fourth-order valence-corrected chi connectivity index (χ4v) is 6.90. The summed E-state index contributed by atoms with van der Waals surface area (Å²) in [5, 5.41) is 16.6. The molecular weight excluding hydrogens is 576 g/mol. The maximum Gasteiger partial charge on any atom is 0.471 e. The van der Waals surface area contributed by atoms with E-state index < -0.39 is 64.1 Å². The molecule has 10 nitrogen and oxygen atoms in total. The number of amides is 4. The first-order valence-electron chi connectivity index (χ1n) is 13.6. The van der Waals surface area contributed by atoms with Crippen molar-refractivity contribution in [3.05, 3.63) is 0 Å². The first-order chi connectivity index (χ1) is 18.8. The Hall–Kier alpha value is -2.30. The topological polar surface area (TPSA) is 135 Å². The van der Waals surface area contributed by atoms with Crippen LogP contribution in [0, 0.1) is 29.1 Å². The molecule has 40 heavy (non-hydrogen) atoms. The van der Waals surface area contributed by atoms with Gasteiger partial charge < -0.3 is 25.8 Å². The molecule has 4 aliphatic rings. The fourth-order valence-electron chi connectivity index (χ4n) is 6.08. The van der Waals surface area contributed by atoms with Gasteiger partial charge in [0.25, 0.3) is 0 Å². The lowest BCUT2D eigenvalue weighted by Gasteiger charge is -2.33. The highest BCUT2D eigenvalue weighted by Crippen LogP contribution is 2.65. The highest BCUT2D eigenvalue weighted by molar-refractivity contribution is 6.51. The van der Waals surface area contributed by atoms with Crippen LogP contribution in [0.5, 0.6) is 0 Å². The van der Waals surface area contributed by atoms with Crippen molar-refractivity contribution < 1.29 is 32.3 Å². The van der Waals surface area contributed by atoms with Gasteiger partial charge in [0.15, 0.2) is 0 Å². The van der Waals surface area contributed by atoms with E-state index in [1.165, 1.54) is 0 Å². The molecule has 4 fully saturated rings. The highest BCUT2D eigenvalue weighted by atomic mass is 35.5. The number of piperidine rings is 1. The second-order valence-electron chi connectivity index (χ2n) is 11.0. The second-order valence-corrected chi connectivity index (χ2v) is 12.5. The van der Waals surface area contributed by atoms with Crippen LogP contribution >= 0.6 is 23.2 Å².